The van der Waals surface area contributed by atoms with Crippen molar-refractivity contribution in [3.63, 3.8) is 0 Å². The summed E-state index contributed by atoms with van der Waals surface area (Å²) in [6.45, 7) is 0.577. The Kier molecular flexibility index (Phi) is 4.56. The van der Waals surface area contributed by atoms with Gasteiger partial charge in [0.25, 0.3) is 0 Å². The molecule has 0 radical (unpaired) electrons. The van der Waals surface area contributed by atoms with Crippen LogP contribution in [0.5, 0.6) is 0 Å². The Morgan fingerprint density at radius 2 is 2.06 bits per heavy atom. The van der Waals surface area contributed by atoms with E-state index >= 15 is 0 Å². The van der Waals surface area contributed by atoms with Crippen LogP contribution in [-0.4, -0.2) is 24.9 Å². The van der Waals surface area contributed by atoms with Crippen LogP contribution in [-0.2, 0) is 9.53 Å². The van der Waals surface area contributed by atoms with Crippen molar-refractivity contribution in [2.24, 2.45) is 5.92 Å². The molecule has 2 unspecified atom stereocenters. The van der Waals surface area contributed by atoms with Crippen LogP contribution in [0.1, 0.15) is 18.4 Å². The lowest BCUT2D eigenvalue weighted by Gasteiger charge is -2.26. The summed E-state index contributed by atoms with van der Waals surface area (Å²) in [4.78, 5) is 12.2. The summed E-state index contributed by atoms with van der Waals surface area (Å²) < 4.78 is 5.20. The van der Waals surface area contributed by atoms with Crippen molar-refractivity contribution in [3.8, 4) is 0 Å². The standard InChI is InChI=1S/C15H17ClO2/c1-18-10-12-7-8-14(16)15(17)13(12)9-11-5-3-2-4-6-11/h2-6,9,12,14H,7-8,10H2,1H3. The molecule has 18 heavy (non-hydrogen) atoms. The van der Waals surface area contributed by atoms with Crippen molar-refractivity contribution >= 4 is 23.5 Å². The van der Waals surface area contributed by atoms with Gasteiger partial charge in [0, 0.05) is 18.6 Å². The van der Waals surface area contributed by atoms with Crippen LogP contribution in [0.2, 0.25) is 0 Å². The van der Waals surface area contributed by atoms with Gasteiger partial charge in [-0.3, -0.25) is 4.79 Å². The van der Waals surface area contributed by atoms with E-state index in [1.807, 2.05) is 36.4 Å². The predicted octanol–water partition coefficient (Wildman–Crippen LogP) is 3.30. The van der Waals surface area contributed by atoms with Crippen molar-refractivity contribution in [1.82, 2.24) is 0 Å². The minimum Gasteiger partial charge on any atom is -0.384 e. The highest BCUT2D eigenvalue weighted by atomic mass is 35.5. The van der Waals surface area contributed by atoms with Gasteiger partial charge in [0.15, 0.2) is 5.78 Å². The fourth-order valence-corrected chi connectivity index (χ4v) is 2.56. The van der Waals surface area contributed by atoms with Crippen LogP contribution in [0.4, 0.5) is 0 Å². The molecule has 0 amide bonds. The van der Waals surface area contributed by atoms with E-state index in [0.717, 1.165) is 24.0 Å². The van der Waals surface area contributed by atoms with E-state index < -0.39 is 0 Å². The van der Waals surface area contributed by atoms with E-state index in [0.29, 0.717) is 6.61 Å². The number of benzene rings is 1. The average Bonchev–Trinajstić information content (AvgIpc) is 2.40. The molecular weight excluding hydrogens is 248 g/mol. The van der Waals surface area contributed by atoms with Crippen LogP contribution in [0.15, 0.2) is 35.9 Å². The Hall–Kier alpha value is -1.12. The van der Waals surface area contributed by atoms with Gasteiger partial charge in [-0.05, 0) is 24.5 Å². The van der Waals surface area contributed by atoms with Crippen LogP contribution in [0, 0.1) is 5.92 Å². The van der Waals surface area contributed by atoms with Crippen LogP contribution >= 0.6 is 11.6 Å². The molecule has 3 heteroatoms. The number of carbonyl (C=O) groups is 1. The molecule has 1 aromatic rings. The Labute approximate surface area is 113 Å². The summed E-state index contributed by atoms with van der Waals surface area (Å²) in [6, 6.07) is 9.86. The Morgan fingerprint density at radius 3 is 2.72 bits per heavy atom. The van der Waals surface area contributed by atoms with Crippen molar-refractivity contribution in [2.75, 3.05) is 13.7 Å². The first-order chi connectivity index (χ1) is 8.72. The van der Waals surface area contributed by atoms with Gasteiger partial charge in [0.1, 0.15) is 0 Å². The van der Waals surface area contributed by atoms with E-state index in [-0.39, 0.29) is 17.1 Å². The molecule has 2 atom stereocenters. The highest BCUT2D eigenvalue weighted by Gasteiger charge is 2.31. The van der Waals surface area contributed by atoms with E-state index in [1.165, 1.54) is 0 Å². The first-order valence-corrected chi connectivity index (χ1v) is 6.60. The van der Waals surface area contributed by atoms with Crippen molar-refractivity contribution in [3.05, 3.63) is 41.5 Å². The molecule has 0 aromatic heterocycles. The number of Topliss-reactive ketones (excluding diaryl/α,β-unsaturated/α-hetero) is 1. The molecule has 0 heterocycles. The van der Waals surface area contributed by atoms with Gasteiger partial charge in [-0.1, -0.05) is 30.3 Å². The fourth-order valence-electron chi connectivity index (χ4n) is 2.31. The lowest BCUT2D eigenvalue weighted by atomic mass is 9.82. The monoisotopic (exact) mass is 264 g/mol. The lowest BCUT2D eigenvalue weighted by Crippen LogP contribution is -2.30. The van der Waals surface area contributed by atoms with Gasteiger partial charge in [0.2, 0.25) is 0 Å². The predicted molar refractivity (Wildman–Crippen MR) is 73.7 cm³/mol. The van der Waals surface area contributed by atoms with Crippen molar-refractivity contribution < 1.29 is 9.53 Å². The minimum absolute atomic E-state index is 0.0498. The zero-order valence-corrected chi connectivity index (χ0v) is 11.2. The number of hydrogen-bond donors (Lipinski definition) is 0. The largest absolute Gasteiger partial charge is 0.384 e. The molecule has 0 bridgehead atoms. The first-order valence-electron chi connectivity index (χ1n) is 6.16. The van der Waals surface area contributed by atoms with Gasteiger partial charge in [-0.2, -0.15) is 0 Å². The Balaban J connectivity index is 2.29. The number of halogens is 1. The van der Waals surface area contributed by atoms with E-state index in [9.17, 15) is 4.79 Å². The van der Waals surface area contributed by atoms with Crippen LogP contribution < -0.4 is 0 Å². The molecule has 1 saturated carbocycles. The van der Waals surface area contributed by atoms with Gasteiger partial charge < -0.3 is 4.74 Å². The van der Waals surface area contributed by atoms with Gasteiger partial charge in [0.05, 0.1) is 12.0 Å². The molecule has 1 aromatic carbocycles. The number of carbonyl (C=O) groups excluding carboxylic acids is 1. The quantitative estimate of drug-likeness (QED) is 0.619. The smallest absolute Gasteiger partial charge is 0.177 e. The molecule has 2 rings (SSSR count). The van der Waals surface area contributed by atoms with E-state index in [4.69, 9.17) is 16.3 Å². The van der Waals surface area contributed by atoms with Gasteiger partial charge >= 0.3 is 0 Å². The summed E-state index contributed by atoms with van der Waals surface area (Å²) in [5, 5.41) is -0.381. The number of rotatable bonds is 3. The zero-order valence-electron chi connectivity index (χ0n) is 10.4. The summed E-state index contributed by atoms with van der Waals surface area (Å²) in [6.07, 6.45) is 3.59. The highest BCUT2D eigenvalue weighted by Crippen LogP contribution is 2.31. The minimum atomic E-state index is -0.381. The fraction of sp³-hybridized carbons (Fsp3) is 0.400. The molecule has 1 aliphatic carbocycles. The van der Waals surface area contributed by atoms with E-state index in [1.54, 1.807) is 7.11 Å². The number of methoxy groups -OCH3 is 1. The van der Waals surface area contributed by atoms with Crippen molar-refractivity contribution in [2.45, 2.75) is 18.2 Å². The maximum Gasteiger partial charge on any atom is 0.177 e. The average molecular weight is 265 g/mol. The summed E-state index contributed by atoms with van der Waals surface area (Å²) in [7, 11) is 1.66. The highest BCUT2D eigenvalue weighted by molar-refractivity contribution is 6.34. The van der Waals surface area contributed by atoms with Crippen LogP contribution in [0.25, 0.3) is 6.08 Å². The molecule has 1 fully saturated rings. The maximum atomic E-state index is 12.2. The van der Waals surface area contributed by atoms with Gasteiger partial charge in [-0.15, -0.1) is 11.6 Å². The summed E-state index contributed by atoms with van der Waals surface area (Å²) in [5.41, 5.74) is 1.84. The van der Waals surface area contributed by atoms with E-state index in [2.05, 4.69) is 0 Å². The number of ether oxygens (including phenoxy) is 1. The molecule has 96 valence electrons. The van der Waals surface area contributed by atoms with Crippen molar-refractivity contribution in [1.29, 1.82) is 0 Å². The lowest BCUT2D eigenvalue weighted by molar-refractivity contribution is -0.117. The van der Waals surface area contributed by atoms with Gasteiger partial charge in [-0.25, -0.2) is 0 Å². The number of alkyl halides is 1. The topological polar surface area (TPSA) is 26.3 Å². The second-order valence-corrected chi connectivity index (χ2v) is 5.10. The second kappa shape index (κ2) is 6.17. The first kappa shape index (κ1) is 13.3. The third-order valence-electron chi connectivity index (χ3n) is 3.27. The summed E-state index contributed by atoms with van der Waals surface area (Å²) in [5.74, 6) is 0.214. The Morgan fingerprint density at radius 1 is 1.33 bits per heavy atom. The third kappa shape index (κ3) is 3.01. The SMILES string of the molecule is COCC1CCC(Cl)C(=O)C1=Cc1ccccc1. The maximum absolute atomic E-state index is 12.2. The molecule has 0 N–H and O–H groups in total. The number of ketones is 1. The molecule has 2 nitrogen and oxygen atoms in total. The number of hydrogen-bond acceptors (Lipinski definition) is 2. The molecule has 0 spiro atoms. The van der Waals surface area contributed by atoms with Crippen LogP contribution in [0.3, 0.4) is 0 Å². The third-order valence-corrected chi connectivity index (χ3v) is 3.68. The zero-order chi connectivity index (χ0) is 13.0. The Bertz CT molecular complexity index is 439. The molecule has 0 saturated heterocycles. The molecular formula is C15H17ClO2. The summed E-state index contributed by atoms with van der Waals surface area (Å²) >= 11 is 6.06. The molecule has 1 aliphatic rings. The molecule has 0 aliphatic heterocycles. The normalized spacial score (nSPS) is 26.6. The second-order valence-electron chi connectivity index (χ2n) is 4.57.